The van der Waals surface area contributed by atoms with Crippen LogP contribution in [0.4, 0.5) is 5.82 Å². The van der Waals surface area contributed by atoms with Crippen molar-refractivity contribution in [1.82, 2.24) is 24.1 Å². The summed E-state index contributed by atoms with van der Waals surface area (Å²) in [4.78, 5) is 37.8. The second kappa shape index (κ2) is 6.25. The Morgan fingerprint density at radius 3 is 2.54 bits per heavy atom. The Morgan fingerprint density at radius 1 is 1.00 bits per heavy atom. The number of anilines is 1. The average molecular weight is 346 g/mol. The molecular formula is C18H14N6O2. The molecule has 1 amide bonds. The lowest BCUT2D eigenvalue weighted by atomic mass is 10.2. The maximum atomic E-state index is 13.0. The Balaban J connectivity index is 1.97. The van der Waals surface area contributed by atoms with E-state index in [0.717, 1.165) is 0 Å². The molecule has 4 aromatic rings. The van der Waals surface area contributed by atoms with Crippen LogP contribution in [0.25, 0.3) is 11.3 Å². The molecule has 8 nitrogen and oxygen atoms in total. The number of rotatable bonds is 3. The Labute approximate surface area is 147 Å². The first-order valence-electron chi connectivity index (χ1n) is 7.89. The van der Waals surface area contributed by atoms with Crippen LogP contribution >= 0.6 is 0 Å². The molecule has 26 heavy (non-hydrogen) atoms. The third-order valence-electron chi connectivity index (χ3n) is 3.95. The zero-order chi connectivity index (χ0) is 18.1. The van der Waals surface area contributed by atoms with E-state index in [4.69, 9.17) is 0 Å². The molecule has 0 saturated heterocycles. The Morgan fingerprint density at radius 2 is 1.81 bits per heavy atom. The summed E-state index contributed by atoms with van der Waals surface area (Å²) in [5.41, 5.74) is 1.65. The molecule has 0 spiro atoms. The van der Waals surface area contributed by atoms with E-state index in [1.807, 2.05) is 0 Å². The van der Waals surface area contributed by atoms with E-state index in [1.165, 1.54) is 16.8 Å². The molecular weight excluding hydrogens is 332 g/mol. The summed E-state index contributed by atoms with van der Waals surface area (Å²) in [6.07, 6.45) is 6.21. The summed E-state index contributed by atoms with van der Waals surface area (Å²) in [6, 6.07) is 10.0. The number of aryl methyl sites for hydroxylation is 1. The molecule has 128 valence electrons. The number of carbonyl (C=O) groups is 1. The lowest BCUT2D eigenvalue weighted by molar-refractivity contribution is 0.101. The lowest BCUT2D eigenvalue weighted by Gasteiger charge is -2.11. The van der Waals surface area contributed by atoms with Crippen molar-refractivity contribution in [3.05, 3.63) is 82.8 Å². The smallest absolute Gasteiger partial charge is 0.275 e. The minimum atomic E-state index is -0.386. The number of fused-ring (bicyclic) bond motifs is 1. The van der Waals surface area contributed by atoms with Crippen LogP contribution < -0.4 is 10.9 Å². The monoisotopic (exact) mass is 346 g/mol. The van der Waals surface area contributed by atoms with E-state index >= 15 is 0 Å². The van der Waals surface area contributed by atoms with Crippen LogP contribution in [-0.2, 0) is 0 Å². The predicted octanol–water partition coefficient (Wildman–Crippen LogP) is 1.84. The largest absolute Gasteiger partial charge is 0.305 e. The van der Waals surface area contributed by atoms with E-state index in [0.29, 0.717) is 28.4 Å². The molecule has 0 fully saturated rings. The molecule has 0 aliphatic carbocycles. The maximum absolute atomic E-state index is 13.0. The second-order valence-corrected chi connectivity index (χ2v) is 5.58. The number of nitrogens with one attached hydrogen (secondary N) is 1. The fourth-order valence-electron chi connectivity index (χ4n) is 2.82. The second-order valence-electron chi connectivity index (χ2n) is 5.58. The van der Waals surface area contributed by atoms with Crippen molar-refractivity contribution >= 4 is 17.4 Å². The van der Waals surface area contributed by atoms with Crippen molar-refractivity contribution in [2.24, 2.45) is 0 Å². The first-order valence-corrected chi connectivity index (χ1v) is 7.89. The lowest BCUT2D eigenvalue weighted by Crippen LogP contribution is -2.24. The molecule has 0 radical (unpaired) electrons. The van der Waals surface area contributed by atoms with Gasteiger partial charge >= 0.3 is 0 Å². The molecule has 8 heteroatoms. The van der Waals surface area contributed by atoms with Gasteiger partial charge in [0.05, 0.1) is 5.69 Å². The van der Waals surface area contributed by atoms with Gasteiger partial charge in [0, 0.05) is 36.4 Å². The number of aromatic nitrogens is 5. The molecule has 0 bridgehead atoms. The van der Waals surface area contributed by atoms with Gasteiger partial charge in [-0.3, -0.25) is 14.6 Å². The van der Waals surface area contributed by atoms with Crippen molar-refractivity contribution in [3.8, 4) is 5.69 Å². The molecule has 4 heterocycles. The summed E-state index contributed by atoms with van der Waals surface area (Å²) >= 11 is 0. The van der Waals surface area contributed by atoms with E-state index in [1.54, 1.807) is 60.5 Å². The zero-order valence-electron chi connectivity index (χ0n) is 13.8. The predicted molar refractivity (Wildman–Crippen MR) is 95.5 cm³/mol. The highest BCUT2D eigenvalue weighted by molar-refractivity contribution is 6.05. The molecule has 0 aliphatic rings. The van der Waals surface area contributed by atoms with Crippen LogP contribution in [0, 0.1) is 6.92 Å². The van der Waals surface area contributed by atoms with Crippen molar-refractivity contribution < 1.29 is 4.79 Å². The summed E-state index contributed by atoms with van der Waals surface area (Å²) in [5, 5.41) is 2.76. The van der Waals surface area contributed by atoms with Crippen molar-refractivity contribution in [1.29, 1.82) is 0 Å². The molecule has 0 aliphatic heterocycles. The van der Waals surface area contributed by atoms with Gasteiger partial charge in [0.2, 0.25) is 0 Å². The van der Waals surface area contributed by atoms with Crippen LogP contribution in [0.5, 0.6) is 0 Å². The molecule has 0 atom stereocenters. The topological polar surface area (TPSA) is 94.2 Å². The fourth-order valence-corrected chi connectivity index (χ4v) is 2.82. The van der Waals surface area contributed by atoms with Crippen LogP contribution in [0.2, 0.25) is 0 Å². The standard InChI is InChI=1S/C18H14N6O2/c1-12-16(18(26)22-14-4-2-3-8-20-14)23(13-5-9-19-10-6-13)24-15(25)7-11-21-17(12)24/h2-11H,1H3,(H,20,22,26). The van der Waals surface area contributed by atoms with Gasteiger partial charge in [0.25, 0.3) is 11.5 Å². The maximum Gasteiger partial charge on any atom is 0.275 e. The van der Waals surface area contributed by atoms with E-state index < -0.39 is 0 Å². The van der Waals surface area contributed by atoms with Crippen LogP contribution in [0.15, 0.2) is 66.0 Å². The number of pyridine rings is 2. The highest BCUT2D eigenvalue weighted by Crippen LogP contribution is 2.20. The van der Waals surface area contributed by atoms with Gasteiger partial charge in [-0.05, 0) is 31.2 Å². The van der Waals surface area contributed by atoms with Gasteiger partial charge in [0.1, 0.15) is 11.5 Å². The number of hydrogen-bond donors (Lipinski definition) is 1. The van der Waals surface area contributed by atoms with E-state index in [2.05, 4.69) is 20.3 Å². The molecule has 0 saturated carbocycles. The molecule has 1 N–H and O–H groups in total. The van der Waals surface area contributed by atoms with Crippen molar-refractivity contribution in [2.45, 2.75) is 6.92 Å². The Kier molecular flexibility index (Phi) is 3.77. The number of nitrogens with zero attached hydrogens (tertiary/aromatic N) is 5. The zero-order valence-corrected chi connectivity index (χ0v) is 13.8. The average Bonchev–Trinajstić information content (AvgIpc) is 2.97. The molecule has 0 unspecified atom stereocenters. The summed E-state index contributed by atoms with van der Waals surface area (Å²) in [5.74, 6) is 0.0339. The minimum absolute atomic E-state index is 0.285. The van der Waals surface area contributed by atoms with Crippen molar-refractivity contribution in [3.63, 3.8) is 0 Å². The number of carbonyl (C=O) groups excluding carboxylic acids is 1. The highest BCUT2D eigenvalue weighted by Gasteiger charge is 2.23. The normalized spacial score (nSPS) is 10.8. The minimum Gasteiger partial charge on any atom is -0.305 e. The van der Waals surface area contributed by atoms with Gasteiger partial charge < -0.3 is 5.32 Å². The first-order chi connectivity index (χ1) is 12.7. The van der Waals surface area contributed by atoms with E-state index in [9.17, 15) is 9.59 Å². The third-order valence-corrected chi connectivity index (χ3v) is 3.95. The van der Waals surface area contributed by atoms with Gasteiger partial charge in [-0.2, -0.15) is 4.52 Å². The summed E-state index contributed by atoms with van der Waals surface area (Å²) in [7, 11) is 0. The first kappa shape index (κ1) is 15.7. The molecule has 4 aromatic heterocycles. The SMILES string of the molecule is Cc1c(C(=O)Nc2ccccn2)n(-c2ccncc2)n2c(=O)ccnc12. The van der Waals surface area contributed by atoms with Gasteiger partial charge in [0.15, 0.2) is 5.65 Å². The molecule has 0 aromatic carbocycles. The Hall–Kier alpha value is -3.81. The summed E-state index contributed by atoms with van der Waals surface area (Å²) < 4.78 is 2.91. The van der Waals surface area contributed by atoms with Crippen LogP contribution in [0.1, 0.15) is 16.1 Å². The van der Waals surface area contributed by atoms with E-state index in [-0.39, 0.29) is 11.5 Å². The summed E-state index contributed by atoms with van der Waals surface area (Å²) in [6.45, 7) is 1.76. The van der Waals surface area contributed by atoms with Crippen LogP contribution in [0.3, 0.4) is 0 Å². The van der Waals surface area contributed by atoms with Gasteiger partial charge in [-0.25, -0.2) is 14.6 Å². The Bertz CT molecular complexity index is 1150. The number of hydrogen-bond acceptors (Lipinski definition) is 5. The van der Waals surface area contributed by atoms with Gasteiger partial charge in [-0.15, -0.1) is 0 Å². The van der Waals surface area contributed by atoms with Crippen molar-refractivity contribution in [2.75, 3.05) is 5.32 Å². The molecule has 4 rings (SSSR count). The quantitative estimate of drug-likeness (QED) is 0.611. The van der Waals surface area contributed by atoms with Crippen LogP contribution in [-0.4, -0.2) is 30.1 Å². The highest BCUT2D eigenvalue weighted by atomic mass is 16.2. The van der Waals surface area contributed by atoms with Gasteiger partial charge in [-0.1, -0.05) is 6.07 Å². The third kappa shape index (κ3) is 2.53. The number of amides is 1. The fraction of sp³-hybridized carbons (Fsp3) is 0.0556.